The smallest absolute Gasteiger partial charge is 0.230 e. The van der Waals surface area contributed by atoms with Gasteiger partial charge in [-0.25, -0.2) is 0 Å². The number of hydrogen-bond acceptors (Lipinski definition) is 4. The molecule has 0 saturated carbocycles. The molecule has 1 fully saturated rings. The van der Waals surface area contributed by atoms with Crippen molar-refractivity contribution in [2.75, 3.05) is 25.0 Å². The third kappa shape index (κ3) is 2.81. The fraction of sp³-hybridized carbons (Fsp3) is 0.636. The third-order valence-corrected chi connectivity index (χ3v) is 4.06. The number of carbonyl (C=O) groups excluding carboxylic acids is 1. The van der Waals surface area contributed by atoms with Gasteiger partial charge in [-0.05, 0) is 25.9 Å². The predicted octanol–water partition coefficient (Wildman–Crippen LogP) is 1.86. The molecular formula is C11H16FN3OS. The van der Waals surface area contributed by atoms with Crippen molar-refractivity contribution in [3.63, 3.8) is 0 Å². The molecule has 0 N–H and O–H groups in total. The number of anilines is 1. The number of nitrogens with zero attached hydrogens (tertiary/aromatic N) is 3. The van der Waals surface area contributed by atoms with Gasteiger partial charge in [-0.2, -0.15) is 9.37 Å². The summed E-state index contributed by atoms with van der Waals surface area (Å²) in [6, 6.07) is 0. The largest absolute Gasteiger partial charge is 0.298 e. The van der Waals surface area contributed by atoms with Crippen LogP contribution in [-0.4, -0.2) is 35.9 Å². The maximum atomic E-state index is 13.6. The molecule has 1 aromatic heterocycles. The third-order valence-electron chi connectivity index (χ3n) is 2.96. The van der Waals surface area contributed by atoms with E-state index >= 15 is 0 Å². The van der Waals surface area contributed by atoms with Gasteiger partial charge in [-0.3, -0.25) is 14.6 Å². The first-order chi connectivity index (χ1) is 8.08. The average molecular weight is 257 g/mol. The van der Waals surface area contributed by atoms with Gasteiger partial charge in [0.2, 0.25) is 11.9 Å². The summed E-state index contributed by atoms with van der Waals surface area (Å²) in [6.07, 6.45) is 2.36. The van der Waals surface area contributed by atoms with Gasteiger partial charge in [0.25, 0.3) is 0 Å². The molecule has 1 aliphatic rings. The standard InChI is InChI=1S/C11H16FN3OS/c1-8(16)14(2)11-13-10(12)9(17-11)7-15-5-3-4-6-15/h3-7H2,1-2H3. The number of rotatable bonds is 3. The Hall–Kier alpha value is -1.01. The van der Waals surface area contributed by atoms with Gasteiger partial charge in [-0.1, -0.05) is 11.3 Å². The van der Waals surface area contributed by atoms with Crippen LogP contribution in [-0.2, 0) is 11.3 Å². The van der Waals surface area contributed by atoms with Crippen LogP contribution >= 0.6 is 11.3 Å². The SMILES string of the molecule is CC(=O)N(C)c1nc(F)c(CN2CCCC2)s1. The fourth-order valence-electron chi connectivity index (χ4n) is 1.84. The summed E-state index contributed by atoms with van der Waals surface area (Å²) in [7, 11) is 1.61. The summed E-state index contributed by atoms with van der Waals surface area (Å²) in [5.74, 6) is -0.573. The molecule has 2 rings (SSSR count). The van der Waals surface area contributed by atoms with Crippen LogP contribution in [0.25, 0.3) is 0 Å². The first-order valence-corrected chi connectivity index (χ1v) is 6.51. The number of hydrogen-bond donors (Lipinski definition) is 0. The molecule has 17 heavy (non-hydrogen) atoms. The Kier molecular flexibility index (Phi) is 3.73. The van der Waals surface area contributed by atoms with E-state index in [2.05, 4.69) is 9.88 Å². The zero-order valence-electron chi connectivity index (χ0n) is 10.1. The van der Waals surface area contributed by atoms with Crippen molar-refractivity contribution in [1.82, 2.24) is 9.88 Å². The predicted molar refractivity (Wildman–Crippen MR) is 65.7 cm³/mol. The minimum absolute atomic E-state index is 0.133. The van der Waals surface area contributed by atoms with Gasteiger partial charge in [0.1, 0.15) is 0 Å². The van der Waals surface area contributed by atoms with Crippen molar-refractivity contribution in [1.29, 1.82) is 0 Å². The molecule has 6 heteroatoms. The lowest BCUT2D eigenvalue weighted by atomic mass is 10.4. The Labute approximate surface area is 104 Å². The first kappa shape index (κ1) is 12.4. The van der Waals surface area contributed by atoms with Crippen LogP contribution in [0.15, 0.2) is 0 Å². The van der Waals surface area contributed by atoms with Crippen LogP contribution in [0.4, 0.5) is 9.52 Å². The lowest BCUT2D eigenvalue weighted by molar-refractivity contribution is -0.116. The molecule has 0 radical (unpaired) electrons. The van der Waals surface area contributed by atoms with Crippen LogP contribution in [0.5, 0.6) is 0 Å². The quantitative estimate of drug-likeness (QED) is 0.829. The fourth-order valence-corrected chi connectivity index (χ4v) is 2.83. The van der Waals surface area contributed by atoms with E-state index in [-0.39, 0.29) is 5.91 Å². The summed E-state index contributed by atoms with van der Waals surface area (Å²) in [6.45, 7) is 4.10. The van der Waals surface area contributed by atoms with Crippen molar-refractivity contribution in [2.24, 2.45) is 0 Å². The number of thiazole rings is 1. The molecule has 0 aromatic carbocycles. The molecule has 4 nitrogen and oxygen atoms in total. The molecule has 0 bridgehead atoms. The van der Waals surface area contributed by atoms with Crippen LogP contribution in [0.3, 0.4) is 0 Å². The summed E-state index contributed by atoms with van der Waals surface area (Å²) >= 11 is 1.26. The monoisotopic (exact) mass is 257 g/mol. The van der Waals surface area contributed by atoms with Gasteiger partial charge in [0.05, 0.1) is 4.88 Å². The van der Waals surface area contributed by atoms with Gasteiger partial charge >= 0.3 is 0 Å². The second-order valence-corrected chi connectivity index (χ2v) is 5.33. The highest BCUT2D eigenvalue weighted by atomic mass is 32.1. The lowest BCUT2D eigenvalue weighted by Gasteiger charge is -2.12. The Morgan fingerprint density at radius 3 is 2.76 bits per heavy atom. The Morgan fingerprint density at radius 2 is 2.18 bits per heavy atom. The summed E-state index contributed by atoms with van der Waals surface area (Å²) in [4.78, 5) is 19.2. The van der Waals surface area contributed by atoms with E-state index in [1.807, 2.05) is 0 Å². The van der Waals surface area contributed by atoms with E-state index in [0.29, 0.717) is 16.6 Å². The molecule has 1 aromatic rings. The lowest BCUT2D eigenvalue weighted by Crippen LogP contribution is -2.22. The molecule has 0 atom stereocenters. The van der Waals surface area contributed by atoms with E-state index < -0.39 is 5.95 Å². The highest BCUT2D eigenvalue weighted by molar-refractivity contribution is 7.15. The highest BCUT2D eigenvalue weighted by Gasteiger charge is 2.19. The zero-order valence-corrected chi connectivity index (χ0v) is 10.9. The van der Waals surface area contributed by atoms with Crippen molar-refractivity contribution in [3.05, 3.63) is 10.8 Å². The van der Waals surface area contributed by atoms with Gasteiger partial charge < -0.3 is 0 Å². The Balaban J connectivity index is 2.10. The molecule has 94 valence electrons. The average Bonchev–Trinajstić information content (AvgIpc) is 2.89. The van der Waals surface area contributed by atoms with Gasteiger partial charge in [-0.15, -0.1) is 0 Å². The number of carbonyl (C=O) groups is 1. The van der Waals surface area contributed by atoms with Crippen LogP contribution in [0.1, 0.15) is 24.6 Å². The van der Waals surface area contributed by atoms with Crippen LogP contribution < -0.4 is 4.90 Å². The van der Waals surface area contributed by atoms with Crippen LogP contribution in [0, 0.1) is 5.95 Å². The van der Waals surface area contributed by atoms with Crippen molar-refractivity contribution < 1.29 is 9.18 Å². The number of halogens is 1. The van der Waals surface area contributed by atoms with Gasteiger partial charge in [0.15, 0.2) is 5.13 Å². The maximum Gasteiger partial charge on any atom is 0.230 e. The number of amides is 1. The Morgan fingerprint density at radius 1 is 1.53 bits per heavy atom. The van der Waals surface area contributed by atoms with Crippen molar-refractivity contribution in [3.8, 4) is 0 Å². The topological polar surface area (TPSA) is 36.4 Å². The minimum atomic E-state index is -0.440. The van der Waals surface area contributed by atoms with Crippen molar-refractivity contribution in [2.45, 2.75) is 26.3 Å². The first-order valence-electron chi connectivity index (χ1n) is 5.70. The normalized spacial score (nSPS) is 16.4. The second-order valence-electron chi connectivity index (χ2n) is 4.27. The Bertz CT molecular complexity index is 415. The zero-order chi connectivity index (χ0) is 12.4. The van der Waals surface area contributed by atoms with E-state index in [1.165, 1.54) is 36.0 Å². The number of aromatic nitrogens is 1. The molecule has 0 spiro atoms. The molecular weight excluding hydrogens is 241 g/mol. The van der Waals surface area contributed by atoms with E-state index in [0.717, 1.165) is 13.1 Å². The van der Waals surface area contributed by atoms with E-state index in [9.17, 15) is 9.18 Å². The molecule has 0 unspecified atom stereocenters. The number of likely N-dealkylation sites (tertiary alicyclic amines) is 1. The maximum absolute atomic E-state index is 13.6. The summed E-state index contributed by atoms with van der Waals surface area (Å²) < 4.78 is 13.6. The molecule has 2 heterocycles. The summed E-state index contributed by atoms with van der Waals surface area (Å²) in [5, 5.41) is 0.434. The van der Waals surface area contributed by atoms with Gasteiger partial charge in [0, 0.05) is 20.5 Å². The molecule has 1 amide bonds. The van der Waals surface area contributed by atoms with E-state index in [4.69, 9.17) is 0 Å². The second kappa shape index (κ2) is 5.10. The highest BCUT2D eigenvalue weighted by Crippen LogP contribution is 2.27. The minimum Gasteiger partial charge on any atom is -0.298 e. The molecule has 0 aliphatic carbocycles. The van der Waals surface area contributed by atoms with Crippen LogP contribution in [0.2, 0.25) is 0 Å². The molecule has 1 saturated heterocycles. The molecule has 1 aliphatic heterocycles. The van der Waals surface area contributed by atoms with Crippen molar-refractivity contribution >= 4 is 22.4 Å². The van der Waals surface area contributed by atoms with E-state index in [1.54, 1.807) is 7.05 Å². The summed E-state index contributed by atoms with van der Waals surface area (Å²) in [5.41, 5.74) is 0.